The standard InChI is InChI=1S/C12H9N3/c13-7-10(8-14)9-15-6-5-11-3-1-2-4-12(11)15/h1-4,9H,5-6H2. The molecule has 1 aromatic carbocycles. The van der Waals surface area contributed by atoms with Crippen LogP contribution in [0.1, 0.15) is 5.56 Å². The molecular formula is C12H9N3. The Bertz CT molecular complexity index is 472. The fourth-order valence-corrected chi connectivity index (χ4v) is 1.74. The zero-order valence-corrected chi connectivity index (χ0v) is 8.14. The topological polar surface area (TPSA) is 50.8 Å². The molecule has 0 aromatic heterocycles. The molecule has 72 valence electrons. The van der Waals surface area contributed by atoms with E-state index in [1.165, 1.54) is 5.56 Å². The van der Waals surface area contributed by atoms with Crippen LogP contribution in [-0.4, -0.2) is 6.54 Å². The Morgan fingerprint density at radius 2 is 2.00 bits per heavy atom. The van der Waals surface area contributed by atoms with Crippen molar-refractivity contribution >= 4 is 5.69 Å². The maximum absolute atomic E-state index is 8.67. The molecule has 0 saturated heterocycles. The van der Waals surface area contributed by atoms with Gasteiger partial charge in [-0.1, -0.05) is 18.2 Å². The minimum Gasteiger partial charge on any atom is -0.345 e. The van der Waals surface area contributed by atoms with Gasteiger partial charge in [0.1, 0.15) is 17.7 Å². The summed E-state index contributed by atoms with van der Waals surface area (Å²) in [5.41, 5.74) is 2.51. The van der Waals surface area contributed by atoms with Crippen molar-refractivity contribution in [3.63, 3.8) is 0 Å². The van der Waals surface area contributed by atoms with Crippen molar-refractivity contribution in [2.24, 2.45) is 0 Å². The zero-order chi connectivity index (χ0) is 10.7. The number of allylic oxidation sites excluding steroid dienone is 1. The van der Waals surface area contributed by atoms with Crippen molar-refractivity contribution in [1.82, 2.24) is 0 Å². The number of nitrogens with zero attached hydrogens (tertiary/aromatic N) is 3. The van der Waals surface area contributed by atoms with Gasteiger partial charge in [-0.05, 0) is 18.1 Å². The average molecular weight is 195 g/mol. The van der Waals surface area contributed by atoms with Gasteiger partial charge in [-0.2, -0.15) is 10.5 Å². The number of benzene rings is 1. The number of rotatable bonds is 1. The summed E-state index contributed by atoms with van der Waals surface area (Å²) >= 11 is 0. The third-order valence-corrected chi connectivity index (χ3v) is 2.45. The minimum absolute atomic E-state index is 0.145. The van der Waals surface area contributed by atoms with Crippen molar-refractivity contribution in [3.8, 4) is 12.1 Å². The predicted octanol–water partition coefficient (Wildman–Crippen LogP) is 1.98. The highest BCUT2D eigenvalue weighted by Crippen LogP contribution is 2.27. The number of fused-ring (bicyclic) bond motifs is 1. The summed E-state index contributed by atoms with van der Waals surface area (Å²) in [5, 5.41) is 17.3. The lowest BCUT2D eigenvalue weighted by molar-refractivity contribution is 0.990. The third kappa shape index (κ3) is 1.68. The van der Waals surface area contributed by atoms with Crippen LogP contribution in [0.5, 0.6) is 0 Å². The number of nitriles is 2. The summed E-state index contributed by atoms with van der Waals surface area (Å²) in [6.45, 7) is 0.839. The van der Waals surface area contributed by atoms with Gasteiger partial charge >= 0.3 is 0 Å². The lowest BCUT2D eigenvalue weighted by Crippen LogP contribution is -2.12. The fraction of sp³-hybridized carbons (Fsp3) is 0.167. The first-order chi connectivity index (χ1) is 7.35. The molecule has 0 amide bonds. The first kappa shape index (κ1) is 9.30. The molecule has 0 aliphatic carbocycles. The van der Waals surface area contributed by atoms with Gasteiger partial charge in [-0.3, -0.25) is 0 Å². The van der Waals surface area contributed by atoms with E-state index in [-0.39, 0.29) is 5.57 Å². The van der Waals surface area contributed by atoms with Crippen molar-refractivity contribution in [1.29, 1.82) is 10.5 Å². The van der Waals surface area contributed by atoms with E-state index in [2.05, 4.69) is 6.07 Å². The van der Waals surface area contributed by atoms with Crippen LogP contribution in [0.2, 0.25) is 0 Å². The van der Waals surface area contributed by atoms with Gasteiger partial charge in [0.25, 0.3) is 0 Å². The Morgan fingerprint density at radius 3 is 2.73 bits per heavy atom. The van der Waals surface area contributed by atoms with Crippen LogP contribution >= 0.6 is 0 Å². The van der Waals surface area contributed by atoms with Gasteiger partial charge < -0.3 is 4.90 Å². The molecule has 0 bridgehead atoms. The molecule has 1 aliphatic heterocycles. The van der Waals surface area contributed by atoms with Gasteiger partial charge in [0.05, 0.1) is 0 Å². The SMILES string of the molecule is N#CC(C#N)=CN1CCc2ccccc21. The Morgan fingerprint density at radius 1 is 1.27 bits per heavy atom. The largest absolute Gasteiger partial charge is 0.345 e. The molecule has 0 saturated carbocycles. The van der Waals surface area contributed by atoms with E-state index in [1.807, 2.05) is 35.2 Å². The molecule has 2 rings (SSSR count). The number of para-hydroxylation sites is 1. The first-order valence-electron chi connectivity index (χ1n) is 4.71. The van der Waals surface area contributed by atoms with Crippen molar-refractivity contribution in [2.45, 2.75) is 6.42 Å². The molecule has 0 N–H and O–H groups in total. The third-order valence-electron chi connectivity index (χ3n) is 2.45. The molecular weight excluding hydrogens is 186 g/mol. The second-order valence-electron chi connectivity index (χ2n) is 3.34. The monoisotopic (exact) mass is 195 g/mol. The maximum atomic E-state index is 8.67. The van der Waals surface area contributed by atoms with E-state index < -0.39 is 0 Å². The Hall–Kier alpha value is -2.26. The van der Waals surface area contributed by atoms with E-state index in [9.17, 15) is 0 Å². The van der Waals surface area contributed by atoms with Crippen molar-refractivity contribution < 1.29 is 0 Å². The molecule has 3 heteroatoms. The highest BCUT2D eigenvalue weighted by atomic mass is 15.1. The van der Waals surface area contributed by atoms with Crippen LogP contribution in [-0.2, 0) is 6.42 Å². The molecule has 0 radical (unpaired) electrons. The molecule has 0 unspecified atom stereocenters. The predicted molar refractivity (Wildman–Crippen MR) is 56.8 cm³/mol. The summed E-state index contributed by atoms with van der Waals surface area (Å²) < 4.78 is 0. The molecule has 0 atom stereocenters. The van der Waals surface area contributed by atoms with Crippen molar-refractivity contribution in [2.75, 3.05) is 11.4 Å². The summed E-state index contributed by atoms with van der Waals surface area (Å²) in [4.78, 5) is 1.96. The molecule has 1 heterocycles. The van der Waals surface area contributed by atoms with Gasteiger partial charge in [-0.25, -0.2) is 0 Å². The van der Waals surface area contributed by atoms with Crippen LogP contribution in [0.25, 0.3) is 0 Å². The lowest BCUT2D eigenvalue weighted by Gasteiger charge is -2.12. The number of hydrogen-bond donors (Lipinski definition) is 0. The average Bonchev–Trinajstić information content (AvgIpc) is 2.69. The quantitative estimate of drug-likeness (QED) is 0.644. The molecule has 15 heavy (non-hydrogen) atoms. The second-order valence-corrected chi connectivity index (χ2v) is 3.34. The van der Waals surface area contributed by atoms with Crippen LogP contribution in [0, 0.1) is 22.7 Å². The lowest BCUT2D eigenvalue weighted by atomic mass is 10.2. The van der Waals surface area contributed by atoms with Gasteiger partial charge in [0.2, 0.25) is 0 Å². The molecule has 1 aliphatic rings. The van der Waals surface area contributed by atoms with E-state index in [1.54, 1.807) is 6.20 Å². The Kier molecular flexibility index (Phi) is 2.39. The van der Waals surface area contributed by atoms with E-state index in [4.69, 9.17) is 10.5 Å². The second kappa shape index (κ2) is 3.86. The molecule has 1 aromatic rings. The highest BCUT2D eigenvalue weighted by Gasteiger charge is 2.16. The summed E-state index contributed by atoms with van der Waals surface area (Å²) in [5.74, 6) is 0. The summed E-state index contributed by atoms with van der Waals surface area (Å²) in [6.07, 6.45) is 2.59. The fourth-order valence-electron chi connectivity index (χ4n) is 1.74. The van der Waals surface area contributed by atoms with Gasteiger partial charge in [0.15, 0.2) is 0 Å². The van der Waals surface area contributed by atoms with Crippen LogP contribution in [0.3, 0.4) is 0 Å². The van der Waals surface area contributed by atoms with Crippen LogP contribution < -0.4 is 4.90 Å². The highest BCUT2D eigenvalue weighted by molar-refractivity contribution is 5.61. The van der Waals surface area contributed by atoms with Gasteiger partial charge in [0, 0.05) is 18.4 Å². The minimum atomic E-state index is 0.145. The maximum Gasteiger partial charge on any atom is 0.145 e. The summed E-state index contributed by atoms with van der Waals surface area (Å²) in [7, 11) is 0. The van der Waals surface area contributed by atoms with Crippen molar-refractivity contribution in [3.05, 3.63) is 41.6 Å². The molecule has 0 spiro atoms. The number of anilines is 1. The first-order valence-corrected chi connectivity index (χ1v) is 4.71. The van der Waals surface area contributed by atoms with E-state index >= 15 is 0 Å². The van der Waals surface area contributed by atoms with E-state index in [0.717, 1.165) is 18.7 Å². The van der Waals surface area contributed by atoms with Crippen LogP contribution in [0.15, 0.2) is 36.0 Å². The number of hydrogen-bond acceptors (Lipinski definition) is 3. The zero-order valence-electron chi connectivity index (χ0n) is 8.14. The van der Waals surface area contributed by atoms with E-state index in [0.29, 0.717) is 0 Å². The smallest absolute Gasteiger partial charge is 0.145 e. The Balaban J connectivity index is 2.34. The molecule has 3 nitrogen and oxygen atoms in total. The normalized spacial score (nSPS) is 12.5. The molecule has 0 fully saturated rings. The van der Waals surface area contributed by atoms with Gasteiger partial charge in [-0.15, -0.1) is 0 Å². The Labute approximate surface area is 88.5 Å². The summed E-state index contributed by atoms with van der Waals surface area (Å²) in [6, 6.07) is 11.8. The van der Waals surface area contributed by atoms with Crippen LogP contribution in [0.4, 0.5) is 5.69 Å².